The summed E-state index contributed by atoms with van der Waals surface area (Å²) in [5, 5.41) is -0.757. The second-order valence-corrected chi connectivity index (χ2v) is 18.5. The van der Waals surface area contributed by atoms with Crippen molar-refractivity contribution in [3.63, 3.8) is 0 Å². The van der Waals surface area contributed by atoms with Crippen LogP contribution in [0.25, 0.3) is 11.1 Å². The largest absolute Gasteiger partial charge is 0.416 e. The number of alkyl halides is 3. The molecule has 57 heavy (non-hydrogen) atoms. The van der Waals surface area contributed by atoms with Gasteiger partial charge in [-0.1, -0.05) is 71.7 Å². The highest BCUT2D eigenvalue weighted by Gasteiger charge is 2.46. The first-order valence-electron chi connectivity index (χ1n) is 19.9. The molecule has 0 saturated carbocycles. The molecule has 0 aliphatic heterocycles. The number of hydrogen-bond donors (Lipinski definition) is 0. The normalized spacial score (nSPS) is 13.5. The van der Waals surface area contributed by atoms with Crippen LogP contribution in [0.2, 0.25) is 0 Å². The van der Waals surface area contributed by atoms with Gasteiger partial charge >= 0.3 is 6.18 Å². The van der Waals surface area contributed by atoms with Crippen molar-refractivity contribution >= 4 is 118 Å². The van der Waals surface area contributed by atoms with Crippen molar-refractivity contribution in [1.29, 1.82) is 0 Å². The molecule has 0 bridgehead atoms. The van der Waals surface area contributed by atoms with Gasteiger partial charge in [0.25, 0.3) is 5.56 Å². The van der Waals surface area contributed by atoms with Crippen molar-refractivity contribution in [2.75, 3.05) is 13.1 Å². The molecule has 5 rings (SSSR count). The Hall–Kier alpha value is -3.31. The molecule has 0 unspecified atom stereocenters. The first-order valence-corrected chi connectivity index (χ1v) is 20.7. The molecule has 0 spiro atoms. The number of hydrogen-bond acceptors (Lipinski definition) is 5. The first kappa shape index (κ1) is 44.8. The van der Waals surface area contributed by atoms with E-state index in [9.17, 15) is 22.4 Å². The van der Waals surface area contributed by atoms with Crippen LogP contribution < -0.4 is 27.4 Å². The highest BCUT2D eigenvalue weighted by atomic mass is 32.2. The maximum atomic E-state index is 15.4. The fourth-order valence-corrected chi connectivity index (χ4v) is 9.68. The van der Waals surface area contributed by atoms with Crippen LogP contribution >= 0.6 is 11.8 Å². The Labute approximate surface area is 348 Å². The molecule has 4 aromatic rings. The Morgan fingerprint density at radius 2 is 1.35 bits per heavy atom. The van der Waals surface area contributed by atoms with Crippen molar-refractivity contribution in [3.8, 4) is 11.1 Å². The molecular formula is C36H48B10F4N4O2S. The quantitative estimate of drug-likeness (QED) is 0.0586. The van der Waals surface area contributed by atoms with E-state index in [1.54, 1.807) is 12.1 Å². The average Bonchev–Trinajstić information content (AvgIpc) is 3.64. The van der Waals surface area contributed by atoms with E-state index < -0.39 is 27.0 Å². The fourth-order valence-electron chi connectivity index (χ4n) is 8.56. The van der Waals surface area contributed by atoms with Crippen molar-refractivity contribution in [3.05, 3.63) is 92.6 Å². The fraction of sp³-hybridized carbons (Fsp3) is 0.361. The van der Waals surface area contributed by atoms with Crippen LogP contribution in [0.4, 0.5) is 17.6 Å². The third-order valence-electron chi connectivity index (χ3n) is 13.0. The van der Waals surface area contributed by atoms with Crippen molar-refractivity contribution in [1.82, 2.24) is 19.4 Å². The lowest BCUT2D eigenvalue weighted by Gasteiger charge is -2.56. The van der Waals surface area contributed by atoms with Gasteiger partial charge in [-0.3, -0.25) is 9.59 Å². The minimum Gasteiger partial charge on any atom is -0.347 e. The Kier molecular flexibility index (Phi) is 13.2. The standard InChI is InChI=1S/C36H48B10F4N4O2S/c1-3-52(4-2)35(43,44)36(45,46)54(16-23-27(37)29(39)26(30(40)28(23)38)18-8-10-20(11-9-18)34(48,49)50)25(55)17-53-24-7-5-6-22(24)31(56)51-32(53)57-33(41,42)19-12-14-21(47)15-13-19/h8-15H,3-7,16-17,37-46H2,1-2H3. The van der Waals surface area contributed by atoms with Gasteiger partial charge in [0.15, 0.2) is 5.16 Å². The van der Waals surface area contributed by atoms with E-state index in [1.165, 1.54) is 36.0 Å². The Bertz CT molecular complexity index is 2190. The summed E-state index contributed by atoms with van der Waals surface area (Å²) in [4.78, 5) is 37.7. The van der Waals surface area contributed by atoms with E-state index in [2.05, 4.69) is 55.1 Å². The van der Waals surface area contributed by atoms with Gasteiger partial charge in [0, 0.05) is 17.8 Å². The highest BCUT2D eigenvalue weighted by molar-refractivity contribution is 8.02. The van der Waals surface area contributed by atoms with Crippen LogP contribution in [0.15, 0.2) is 58.5 Å². The van der Waals surface area contributed by atoms with Crippen LogP contribution in [-0.2, 0) is 41.4 Å². The van der Waals surface area contributed by atoms with Gasteiger partial charge in [0.05, 0.1) is 5.56 Å². The van der Waals surface area contributed by atoms with Crippen molar-refractivity contribution < 1.29 is 22.4 Å². The van der Waals surface area contributed by atoms with Gasteiger partial charge in [0.2, 0.25) is 5.91 Å². The molecule has 1 amide bonds. The van der Waals surface area contributed by atoms with Gasteiger partial charge in [0.1, 0.15) is 90.8 Å². The number of carbonyl (C=O) groups is 1. The Morgan fingerprint density at radius 3 is 1.88 bits per heavy atom. The number of aromatic nitrogens is 2. The third kappa shape index (κ3) is 8.71. The van der Waals surface area contributed by atoms with Crippen LogP contribution in [0.3, 0.4) is 0 Å². The van der Waals surface area contributed by atoms with Crippen LogP contribution in [0, 0.1) is 5.82 Å². The smallest absolute Gasteiger partial charge is 0.347 e. The maximum Gasteiger partial charge on any atom is 0.416 e. The number of amides is 1. The monoisotopic (exact) mass is 786 g/mol. The number of likely N-dealkylation sites (N-methyl/N-ethyl adjacent to an activating group) is 1. The van der Waals surface area contributed by atoms with E-state index in [1.807, 2.05) is 56.5 Å². The summed E-state index contributed by atoms with van der Waals surface area (Å²) in [7, 11) is 20.6. The molecule has 1 aliphatic carbocycles. The summed E-state index contributed by atoms with van der Waals surface area (Å²) in [6, 6.07) is 11.6. The van der Waals surface area contributed by atoms with Gasteiger partial charge in [-0.05, 0) is 94.1 Å². The van der Waals surface area contributed by atoms with Gasteiger partial charge < -0.3 is 14.4 Å². The lowest BCUT2D eigenvalue weighted by molar-refractivity contribution is -0.137. The molecule has 0 N–H and O–H groups in total. The average molecular weight is 785 g/mol. The summed E-state index contributed by atoms with van der Waals surface area (Å²) in [5.41, 5.74) is 7.83. The molecule has 288 valence electrons. The number of nitrogens with zero attached hydrogens (tertiary/aromatic N) is 4. The van der Waals surface area contributed by atoms with Crippen molar-refractivity contribution in [2.45, 2.75) is 72.8 Å². The lowest BCUT2D eigenvalue weighted by atomic mass is 9.36. The lowest BCUT2D eigenvalue weighted by Crippen LogP contribution is -2.74. The van der Waals surface area contributed by atoms with Crippen LogP contribution in [-0.4, -0.2) is 127 Å². The maximum absolute atomic E-state index is 15.4. The minimum absolute atomic E-state index is 0.0328. The second kappa shape index (κ2) is 16.7. The van der Waals surface area contributed by atoms with E-state index in [-0.39, 0.29) is 23.8 Å². The zero-order valence-corrected chi connectivity index (χ0v) is 36.4. The molecule has 1 aromatic heterocycles. The molecule has 21 heteroatoms. The van der Waals surface area contributed by atoms with Crippen LogP contribution in [0.5, 0.6) is 0 Å². The second-order valence-electron chi connectivity index (χ2n) is 16.9. The molecule has 1 aliphatic rings. The number of halogens is 4. The molecular weight excluding hydrogens is 737 g/mol. The number of thioether (sulfide) groups is 1. The summed E-state index contributed by atoms with van der Waals surface area (Å²) < 4.78 is 55.6. The van der Waals surface area contributed by atoms with Crippen LogP contribution in [0.1, 0.15) is 48.2 Å². The zero-order chi connectivity index (χ0) is 42.4. The number of rotatable bonds is 13. The van der Waals surface area contributed by atoms with E-state index in [4.69, 9.17) is 0 Å². The topological polar surface area (TPSA) is 58.4 Å². The van der Waals surface area contributed by atoms with Gasteiger partial charge in [-0.15, -0.1) is 0 Å². The zero-order valence-electron chi connectivity index (χ0n) is 35.6. The van der Waals surface area contributed by atoms with E-state index in [0.717, 1.165) is 75.9 Å². The summed E-state index contributed by atoms with van der Waals surface area (Å²) in [6.45, 7) is 6.07. The first-order chi connectivity index (χ1) is 26.5. The van der Waals surface area contributed by atoms with E-state index in [0.29, 0.717) is 35.7 Å². The SMILES string of the molecule is Bc1c(B)c(-c2ccc(C(F)(F)F)cc2)c(B)c(B)c1CN(C(=O)Cn1c(SC(B)(B)c2ccc(F)cc2)nc(=O)c2c1CCC2)C(B)(B)C(B)(B)N(CC)CC. The molecule has 3 aromatic carbocycles. The molecule has 0 radical (unpaired) electrons. The minimum atomic E-state index is -4.43. The molecule has 0 fully saturated rings. The molecule has 1 heterocycles. The predicted molar refractivity (Wildman–Crippen MR) is 254 cm³/mol. The summed E-state index contributed by atoms with van der Waals surface area (Å²) in [5.74, 6) is -0.458. The highest BCUT2D eigenvalue weighted by Crippen LogP contribution is 2.37. The van der Waals surface area contributed by atoms with Gasteiger partial charge in [-0.2, -0.15) is 18.2 Å². The van der Waals surface area contributed by atoms with Crippen molar-refractivity contribution in [2.24, 2.45) is 0 Å². The molecule has 6 nitrogen and oxygen atoms in total. The molecule has 0 atom stereocenters. The number of fused-ring (bicyclic) bond motifs is 1. The third-order valence-corrected chi connectivity index (χ3v) is 14.2. The summed E-state index contributed by atoms with van der Waals surface area (Å²) >= 11 is 1.39. The number of carbonyl (C=O) groups excluding carboxylic acids is 1. The van der Waals surface area contributed by atoms with Gasteiger partial charge in [-0.25, -0.2) is 4.39 Å². The Morgan fingerprint density at radius 1 is 0.807 bits per heavy atom. The molecule has 0 saturated heterocycles. The predicted octanol–water partition coefficient (Wildman–Crippen LogP) is -6.03. The summed E-state index contributed by atoms with van der Waals surface area (Å²) in [6.07, 6.45) is -2.37. The number of benzene rings is 3. The Balaban J connectivity index is 1.64. The van der Waals surface area contributed by atoms with E-state index >= 15 is 4.79 Å².